The summed E-state index contributed by atoms with van der Waals surface area (Å²) in [5.74, 6) is 1.24. The number of nitrogens with zero attached hydrogens (tertiary/aromatic N) is 2. The van der Waals surface area contributed by atoms with E-state index in [1.165, 1.54) is 31.0 Å². The van der Waals surface area contributed by atoms with E-state index >= 15 is 0 Å². The lowest BCUT2D eigenvalue weighted by molar-refractivity contribution is -0.119. The maximum atomic E-state index is 11.8. The number of amides is 1. The molecule has 0 aromatic carbocycles. The molecule has 0 atom stereocenters. The van der Waals surface area contributed by atoms with Crippen LogP contribution >= 0.6 is 11.8 Å². The fourth-order valence-electron chi connectivity index (χ4n) is 2.16. The van der Waals surface area contributed by atoms with E-state index in [1.807, 2.05) is 13.8 Å². The zero-order valence-corrected chi connectivity index (χ0v) is 12.3. The Morgan fingerprint density at radius 1 is 1.37 bits per heavy atom. The van der Waals surface area contributed by atoms with E-state index in [9.17, 15) is 4.79 Å². The summed E-state index contributed by atoms with van der Waals surface area (Å²) in [5, 5.41) is 11.4. The molecule has 1 aromatic heterocycles. The molecule has 0 unspecified atom stereocenters. The van der Waals surface area contributed by atoms with Crippen molar-refractivity contribution in [2.75, 3.05) is 5.75 Å². The quantitative estimate of drug-likeness (QED) is 0.842. The number of aromatic nitrogens is 2. The summed E-state index contributed by atoms with van der Waals surface area (Å²) in [4.78, 5) is 11.8. The van der Waals surface area contributed by atoms with Gasteiger partial charge in [-0.25, -0.2) is 0 Å². The molecule has 1 aromatic rings. The van der Waals surface area contributed by atoms with Gasteiger partial charge in [-0.3, -0.25) is 4.79 Å². The molecule has 0 aliphatic heterocycles. The molecule has 0 bridgehead atoms. The maximum Gasteiger partial charge on any atom is 0.277 e. The lowest BCUT2D eigenvalue weighted by Gasteiger charge is -2.22. The Kier molecular flexibility index (Phi) is 5.24. The highest BCUT2D eigenvalue weighted by molar-refractivity contribution is 7.99. The van der Waals surface area contributed by atoms with Crippen LogP contribution in [-0.2, 0) is 4.79 Å². The minimum Gasteiger partial charge on any atom is -0.416 e. The molecule has 0 radical (unpaired) electrons. The van der Waals surface area contributed by atoms with E-state index in [-0.39, 0.29) is 11.8 Å². The van der Waals surface area contributed by atoms with E-state index in [2.05, 4.69) is 15.5 Å². The van der Waals surface area contributed by atoms with Gasteiger partial charge in [-0.2, -0.15) is 0 Å². The summed E-state index contributed by atoms with van der Waals surface area (Å²) in [5.41, 5.74) is 0. The van der Waals surface area contributed by atoms with Crippen molar-refractivity contribution in [3.8, 4) is 0 Å². The summed E-state index contributed by atoms with van der Waals surface area (Å²) in [6.45, 7) is 4.00. The molecule has 1 saturated carbocycles. The Balaban J connectivity index is 1.73. The number of hydrogen-bond acceptors (Lipinski definition) is 5. The van der Waals surface area contributed by atoms with Crippen LogP contribution in [0.5, 0.6) is 0 Å². The fraction of sp³-hybridized carbons (Fsp3) is 0.769. The highest BCUT2D eigenvalue weighted by atomic mass is 32.2. The standard InChI is InChI=1S/C13H21N3O2S/c1-9(2)12-15-16-13(18-12)19-8-11(17)14-10-6-4-3-5-7-10/h9-10H,3-8H2,1-2H3,(H,14,17). The van der Waals surface area contributed by atoms with Crippen LogP contribution in [0, 0.1) is 0 Å². The summed E-state index contributed by atoms with van der Waals surface area (Å²) < 4.78 is 5.45. The molecule has 0 spiro atoms. The number of rotatable bonds is 5. The van der Waals surface area contributed by atoms with Gasteiger partial charge >= 0.3 is 0 Å². The molecule has 1 heterocycles. The van der Waals surface area contributed by atoms with Crippen molar-refractivity contribution < 1.29 is 9.21 Å². The molecule has 5 nitrogen and oxygen atoms in total. The van der Waals surface area contributed by atoms with Crippen molar-refractivity contribution in [3.05, 3.63) is 5.89 Å². The van der Waals surface area contributed by atoms with Crippen LogP contribution in [0.1, 0.15) is 57.8 Å². The zero-order valence-electron chi connectivity index (χ0n) is 11.5. The molecular weight excluding hydrogens is 262 g/mol. The number of carbonyl (C=O) groups is 1. The molecule has 1 N–H and O–H groups in total. The first-order valence-corrected chi connectivity index (χ1v) is 7.89. The number of thioether (sulfide) groups is 1. The van der Waals surface area contributed by atoms with Crippen molar-refractivity contribution >= 4 is 17.7 Å². The van der Waals surface area contributed by atoms with Crippen LogP contribution in [0.4, 0.5) is 0 Å². The van der Waals surface area contributed by atoms with Gasteiger partial charge in [-0.05, 0) is 12.8 Å². The SMILES string of the molecule is CC(C)c1nnc(SCC(=O)NC2CCCCC2)o1. The van der Waals surface area contributed by atoms with Crippen LogP contribution < -0.4 is 5.32 Å². The third-order valence-corrected chi connectivity index (χ3v) is 4.03. The average molecular weight is 283 g/mol. The molecule has 19 heavy (non-hydrogen) atoms. The molecular formula is C13H21N3O2S. The first-order chi connectivity index (χ1) is 9.15. The molecule has 6 heteroatoms. The normalized spacial score (nSPS) is 16.8. The summed E-state index contributed by atoms with van der Waals surface area (Å²) in [7, 11) is 0. The Bertz CT molecular complexity index is 414. The van der Waals surface area contributed by atoms with Gasteiger partial charge in [0.25, 0.3) is 5.22 Å². The number of nitrogens with one attached hydrogen (secondary N) is 1. The van der Waals surface area contributed by atoms with E-state index < -0.39 is 0 Å². The van der Waals surface area contributed by atoms with Crippen LogP contribution in [0.25, 0.3) is 0 Å². The Labute approximate surface area is 117 Å². The second-order valence-corrected chi connectivity index (χ2v) is 6.18. The van der Waals surface area contributed by atoms with E-state index in [0.29, 0.717) is 22.9 Å². The third-order valence-electron chi connectivity index (χ3n) is 3.21. The Morgan fingerprint density at radius 3 is 2.74 bits per heavy atom. The van der Waals surface area contributed by atoms with Crippen LogP contribution in [-0.4, -0.2) is 27.9 Å². The van der Waals surface area contributed by atoms with Crippen molar-refractivity contribution in [1.29, 1.82) is 0 Å². The molecule has 0 saturated heterocycles. The molecule has 2 rings (SSSR count). The van der Waals surface area contributed by atoms with E-state index in [0.717, 1.165) is 12.8 Å². The third kappa shape index (κ3) is 4.53. The van der Waals surface area contributed by atoms with E-state index in [4.69, 9.17) is 4.42 Å². The van der Waals surface area contributed by atoms with Crippen molar-refractivity contribution in [2.45, 2.75) is 63.1 Å². The maximum absolute atomic E-state index is 11.8. The molecule has 1 fully saturated rings. The Morgan fingerprint density at radius 2 is 2.11 bits per heavy atom. The Hall–Kier alpha value is -1.04. The lowest BCUT2D eigenvalue weighted by Crippen LogP contribution is -2.37. The highest BCUT2D eigenvalue weighted by Gasteiger charge is 2.17. The van der Waals surface area contributed by atoms with Gasteiger partial charge in [0, 0.05) is 12.0 Å². The fourth-order valence-corrected chi connectivity index (χ4v) is 2.74. The molecule has 1 aliphatic rings. The van der Waals surface area contributed by atoms with Crippen molar-refractivity contribution in [2.24, 2.45) is 0 Å². The molecule has 1 amide bonds. The van der Waals surface area contributed by atoms with Gasteiger partial charge < -0.3 is 9.73 Å². The topological polar surface area (TPSA) is 68.0 Å². The zero-order chi connectivity index (χ0) is 13.7. The van der Waals surface area contributed by atoms with Gasteiger partial charge in [-0.15, -0.1) is 10.2 Å². The van der Waals surface area contributed by atoms with Gasteiger partial charge in [0.05, 0.1) is 5.75 Å². The predicted molar refractivity (Wildman–Crippen MR) is 74.1 cm³/mol. The number of hydrogen-bond donors (Lipinski definition) is 1. The second kappa shape index (κ2) is 6.93. The minimum absolute atomic E-state index is 0.0567. The predicted octanol–water partition coefficient (Wildman–Crippen LogP) is 2.73. The van der Waals surface area contributed by atoms with Gasteiger partial charge in [0.1, 0.15) is 0 Å². The van der Waals surface area contributed by atoms with Crippen LogP contribution in [0.3, 0.4) is 0 Å². The summed E-state index contributed by atoms with van der Waals surface area (Å²) in [6, 6.07) is 0.357. The van der Waals surface area contributed by atoms with Crippen LogP contribution in [0.15, 0.2) is 9.64 Å². The van der Waals surface area contributed by atoms with Crippen LogP contribution in [0.2, 0.25) is 0 Å². The monoisotopic (exact) mass is 283 g/mol. The summed E-state index contributed by atoms with van der Waals surface area (Å²) >= 11 is 1.30. The highest BCUT2D eigenvalue weighted by Crippen LogP contribution is 2.21. The minimum atomic E-state index is 0.0567. The molecule has 1 aliphatic carbocycles. The van der Waals surface area contributed by atoms with Crippen molar-refractivity contribution in [1.82, 2.24) is 15.5 Å². The smallest absolute Gasteiger partial charge is 0.277 e. The van der Waals surface area contributed by atoms with Gasteiger partial charge in [-0.1, -0.05) is 44.9 Å². The summed E-state index contributed by atoms with van der Waals surface area (Å²) in [6.07, 6.45) is 5.95. The first-order valence-electron chi connectivity index (χ1n) is 6.90. The average Bonchev–Trinajstić information content (AvgIpc) is 2.86. The second-order valence-electron chi connectivity index (χ2n) is 5.25. The van der Waals surface area contributed by atoms with Gasteiger partial charge in [0.2, 0.25) is 11.8 Å². The van der Waals surface area contributed by atoms with Crippen molar-refractivity contribution in [3.63, 3.8) is 0 Å². The van der Waals surface area contributed by atoms with Gasteiger partial charge in [0.15, 0.2) is 0 Å². The largest absolute Gasteiger partial charge is 0.416 e. The number of carbonyl (C=O) groups excluding carboxylic acids is 1. The first kappa shape index (κ1) is 14.4. The molecule has 106 valence electrons. The van der Waals surface area contributed by atoms with E-state index in [1.54, 1.807) is 0 Å². The lowest BCUT2D eigenvalue weighted by atomic mass is 9.95.